The summed E-state index contributed by atoms with van der Waals surface area (Å²) in [5.74, 6) is 0.625. The Labute approximate surface area is 202 Å². The molecule has 1 aliphatic carbocycles. The normalized spacial score (nSPS) is 19.0. The Morgan fingerprint density at radius 2 is 1.88 bits per heavy atom. The highest BCUT2D eigenvalue weighted by atomic mass is 35.5. The minimum Gasteiger partial charge on any atom is -0.497 e. The summed E-state index contributed by atoms with van der Waals surface area (Å²) in [7, 11) is 1.59. The average Bonchev–Trinajstić information content (AvgIpc) is 3.29. The first-order valence-electron chi connectivity index (χ1n) is 11.1. The fourth-order valence-electron chi connectivity index (χ4n) is 4.67. The maximum Gasteiger partial charge on any atom is 0.337 e. The number of Topliss-reactive ketones (excluding diaryl/α,β-unsaturated/α-hetero) is 1. The van der Waals surface area contributed by atoms with Crippen molar-refractivity contribution in [2.45, 2.75) is 38.7 Å². The van der Waals surface area contributed by atoms with E-state index >= 15 is 0 Å². The van der Waals surface area contributed by atoms with E-state index in [1.54, 1.807) is 19.2 Å². The van der Waals surface area contributed by atoms with Crippen molar-refractivity contribution in [1.29, 1.82) is 0 Å². The molecule has 176 valence electrons. The number of esters is 1. The summed E-state index contributed by atoms with van der Waals surface area (Å²) < 4.78 is 21.9. The van der Waals surface area contributed by atoms with Crippen LogP contribution in [0.25, 0.3) is 0 Å². The number of rotatable bonds is 5. The van der Waals surface area contributed by atoms with E-state index in [-0.39, 0.29) is 19.2 Å². The highest BCUT2D eigenvalue weighted by Crippen LogP contribution is 2.48. The van der Waals surface area contributed by atoms with E-state index in [0.717, 1.165) is 29.9 Å². The second-order valence-electron chi connectivity index (χ2n) is 8.42. The van der Waals surface area contributed by atoms with Gasteiger partial charge in [0.15, 0.2) is 17.3 Å². The number of methoxy groups -OCH3 is 1. The van der Waals surface area contributed by atoms with Gasteiger partial charge in [0.25, 0.3) is 0 Å². The highest BCUT2D eigenvalue weighted by Gasteiger charge is 2.40. The highest BCUT2D eigenvalue weighted by molar-refractivity contribution is 6.32. The molecule has 5 rings (SSSR count). The number of ether oxygens (including phenoxy) is 4. The monoisotopic (exact) mass is 481 g/mol. The lowest BCUT2D eigenvalue weighted by Gasteiger charge is -2.34. The number of carbonyl (C=O) groups is 2. The van der Waals surface area contributed by atoms with E-state index < -0.39 is 11.9 Å². The molecule has 0 unspecified atom stereocenters. The van der Waals surface area contributed by atoms with Crippen LogP contribution in [0.1, 0.15) is 43.2 Å². The Morgan fingerprint density at radius 1 is 1.15 bits per heavy atom. The van der Waals surface area contributed by atoms with Gasteiger partial charge in [-0.15, -0.1) is 0 Å². The zero-order valence-electron chi connectivity index (χ0n) is 18.9. The third-order valence-electron chi connectivity index (χ3n) is 6.33. The van der Waals surface area contributed by atoms with Gasteiger partial charge in [-0.3, -0.25) is 4.79 Å². The molecule has 34 heavy (non-hydrogen) atoms. The van der Waals surface area contributed by atoms with Gasteiger partial charge >= 0.3 is 5.97 Å². The Bertz CT molecular complexity index is 1230. The van der Waals surface area contributed by atoms with Crippen molar-refractivity contribution in [2.24, 2.45) is 0 Å². The maximum absolute atomic E-state index is 13.4. The van der Waals surface area contributed by atoms with E-state index in [9.17, 15) is 9.59 Å². The van der Waals surface area contributed by atoms with Crippen LogP contribution in [0.15, 0.2) is 58.9 Å². The molecule has 1 atom stereocenters. The van der Waals surface area contributed by atoms with Gasteiger partial charge in [0, 0.05) is 40.4 Å². The van der Waals surface area contributed by atoms with Crippen molar-refractivity contribution in [3.8, 4) is 17.2 Å². The summed E-state index contributed by atoms with van der Waals surface area (Å²) in [6, 6.07) is 10.7. The van der Waals surface area contributed by atoms with Crippen LogP contribution in [0.4, 0.5) is 0 Å². The van der Waals surface area contributed by atoms with E-state index in [0.29, 0.717) is 45.3 Å². The molecule has 2 aromatic rings. The Morgan fingerprint density at radius 3 is 2.62 bits per heavy atom. The zero-order chi connectivity index (χ0) is 23.8. The molecule has 8 heteroatoms. The maximum atomic E-state index is 13.4. The van der Waals surface area contributed by atoms with Crippen molar-refractivity contribution in [2.75, 3.05) is 13.9 Å². The second kappa shape index (κ2) is 9.06. The van der Waals surface area contributed by atoms with Gasteiger partial charge in [-0.2, -0.15) is 0 Å². The number of carbonyl (C=O) groups excluding carboxylic acids is 2. The van der Waals surface area contributed by atoms with E-state index in [4.69, 9.17) is 30.5 Å². The second-order valence-corrected chi connectivity index (χ2v) is 8.82. The molecule has 0 aromatic heterocycles. The van der Waals surface area contributed by atoms with Gasteiger partial charge in [0.2, 0.25) is 6.79 Å². The van der Waals surface area contributed by atoms with Crippen LogP contribution >= 0.6 is 11.6 Å². The van der Waals surface area contributed by atoms with Gasteiger partial charge in [-0.05, 0) is 49.1 Å². The standard InChI is InChI=1S/C26H24ClNO6/c1-14-23(26(30)32-12-15-6-8-16(31-2)9-7-15)24(25-19(28-14)4-3-5-20(25)29)17-10-21-22(11-18(17)27)34-13-33-21/h6-11,24,28H,3-5,12-13H2,1-2H3/t24-/m0/s1. The van der Waals surface area contributed by atoms with Crippen LogP contribution in [0, 0.1) is 0 Å². The van der Waals surface area contributed by atoms with Crippen LogP contribution < -0.4 is 19.5 Å². The fourth-order valence-corrected chi connectivity index (χ4v) is 4.93. The topological polar surface area (TPSA) is 83.1 Å². The SMILES string of the molecule is COc1ccc(COC(=O)C2=C(C)NC3=C(C(=O)CCC3)[C@H]2c2cc3c(cc2Cl)OCO3)cc1. The van der Waals surface area contributed by atoms with Crippen molar-refractivity contribution < 1.29 is 28.5 Å². The molecule has 0 bridgehead atoms. The van der Waals surface area contributed by atoms with Crippen molar-refractivity contribution in [1.82, 2.24) is 5.32 Å². The van der Waals surface area contributed by atoms with Crippen LogP contribution in [0.3, 0.4) is 0 Å². The van der Waals surface area contributed by atoms with E-state index in [1.165, 1.54) is 0 Å². The van der Waals surface area contributed by atoms with Crippen molar-refractivity contribution >= 4 is 23.4 Å². The predicted octanol–water partition coefficient (Wildman–Crippen LogP) is 4.79. The Kier molecular flexibility index (Phi) is 5.96. The van der Waals surface area contributed by atoms with Gasteiger partial charge in [-0.25, -0.2) is 4.79 Å². The number of ketones is 1. The molecule has 3 aliphatic rings. The lowest BCUT2D eigenvalue weighted by Crippen LogP contribution is -2.34. The predicted molar refractivity (Wildman–Crippen MR) is 125 cm³/mol. The van der Waals surface area contributed by atoms with Crippen LogP contribution in [0.2, 0.25) is 5.02 Å². The average molecular weight is 482 g/mol. The molecular weight excluding hydrogens is 458 g/mol. The number of halogens is 1. The van der Waals surface area contributed by atoms with Crippen LogP contribution in [-0.4, -0.2) is 25.7 Å². The number of dihydropyridines is 1. The van der Waals surface area contributed by atoms with E-state index in [1.807, 2.05) is 31.2 Å². The minimum atomic E-state index is -0.658. The number of hydrogen-bond acceptors (Lipinski definition) is 7. The van der Waals surface area contributed by atoms with Gasteiger partial charge in [-0.1, -0.05) is 23.7 Å². The van der Waals surface area contributed by atoms with Crippen LogP contribution in [-0.2, 0) is 20.9 Å². The molecule has 0 saturated heterocycles. The quantitative estimate of drug-likeness (QED) is 0.615. The van der Waals surface area contributed by atoms with Gasteiger partial charge in [0.1, 0.15) is 12.4 Å². The smallest absolute Gasteiger partial charge is 0.337 e. The Hall–Kier alpha value is -3.45. The van der Waals surface area contributed by atoms with Crippen LogP contribution in [0.5, 0.6) is 17.2 Å². The fraction of sp³-hybridized carbons (Fsp3) is 0.308. The van der Waals surface area contributed by atoms with Gasteiger partial charge < -0.3 is 24.3 Å². The van der Waals surface area contributed by atoms with E-state index in [2.05, 4.69) is 5.32 Å². The lowest BCUT2D eigenvalue weighted by molar-refractivity contribution is -0.140. The molecule has 0 saturated carbocycles. The summed E-state index contributed by atoms with van der Waals surface area (Å²) in [4.78, 5) is 26.5. The summed E-state index contributed by atoms with van der Waals surface area (Å²) in [5.41, 5.74) is 3.84. The first kappa shape index (κ1) is 22.3. The third-order valence-corrected chi connectivity index (χ3v) is 6.66. The van der Waals surface area contributed by atoms with Crippen molar-refractivity contribution in [3.05, 3.63) is 75.1 Å². The molecular formula is C26H24ClNO6. The molecule has 2 aliphatic heterocycles. The molecule has 2 aromatic carbocycles. The summed E-state index contributed by atoms with van der Waals surface area (Å²) in [5, 5.41) is 3.68. The molecule has 1 N–H and O–H groups in total. The third kappa shape index (κ3) is 4.01. The summed E-state index contributed by atoms with van der Waals surface area (Å²) in [6.45, 7) is 2.00. The number of hydrogen-bond donors (Lipinski definition) is 1. The molecule has 0 amide bonds. The first-order chi connectivity index (χ1) is 16.5. The lowest BCUT2D eigenvalue weighted by atomic mass is 9.75. The summed E-state index contributed by atoms with van der Waals surface area (Å²) >= 11 is 6.66. The number of allylic oxidation sites excluding steroid dienone is 3. The molecule has 7 nitrogen and oxygen atoms in total. The Balaban J connectivity index is 1.52. The van der Waals surface area contributed by atoms with Gasteiger partial charge in [0.05, 0.1) is 12.7 Å². The largest absolute Gasteiger partial charge is 0.497 e. The van der Waals surface area contributed by atoms with Crippen molar-refractivity contribution in [3.63, 3.8) is 0 Å². The number of fused-ring (bicyclic) bond motifs is 1. The number of nitrogens with one attached hydrogen (secondary N) is 1. The number of benzene rings is 2. The summed E-state index contributed by atoms with van der Waals surface area (Å²) in [6.07, 6.45) is 1.91. The molecule has 0 fully saturated rings. The molecule has 0 spiro atoms. The zero-order valence-corrected chi connectivity index (χ0v) is 19.7. The molecule has 2 heterocycles. The molecule has 0 radical (unpaired) electrons. The first-order valence-corrected chi connectivity index (χ1v) is 11.5. The minimum absolute atomic E-state index is 0.000405.